The van der Waals surface area contributed by atoms with Crippen LogP contribution in [0.2, 0.25) is 0 Å². The van der Waals surface area contributed by atoms with Crippen molar-refractivity contribution in [2.75, 3.05) is 14.2 Å². The highest BCUT2D eigenvalue weighted by Gasteiger charge is 2.15. The molecule has 0 saturated carbocycles. The quantitative estimate of drug-likeness (QED) is 0.246. The summed E-state index contributed by atoms with van der Waals surface area (Å²) < 4.78 is 19.3. The molecule has 0 spiro atoms. The van der Waals surface area contributed by atoms with Gasteiger partial charge in [0.15, 0.2) is 10.6 Å². The lowest BCUT2D eigenvalue weighted by molar-refractivity contribution is 0.415. The number of benzene rings is 4. The van der Waals surface area contributed by atoms with Gasteiger partial charge in [-0.3, -0.25) is 4.57 Å². The Kier molecular flexibility index (Phi) is 6.63. The zero-order valence-corrected chi connectivity index (χ0v) is 20.2. The zero-order chi connectivity index (χ0) is 24.0. The molecule has 1 aromatic heterocycles. The van der Waals surface area contributed by atoms with E-state index in [2.05, 4.69) is 9.95 Å². The largest absolute Gasteiger partial charge is 0.497 e. The molecule has 0 aliphatic carbocycles. The average Bonchev–Trinajstić information content (AvgIpc) is 3.33. The molecule has 0 amide bonds. The summed E-state index contributed by atoms with van der Waals surface area (Å²) in [5.74, 6) is 3.02. The first-order chi connectivity index (χ1) is 17.3. The molecule has 1 heterocycles. The van der Waals surface area contributed by atoms with Crippen LogP contribution in [0.25, 0.3) is 16.9 Å². The average molecular weight is 481 g/mol. The fourth-order valence-corrected chi connectivity index (χ4v) is 4.67. The number of rotatable bonds is 7. The molecule has 5 aromatic rings. The van der Waals surface area contributed by atoms with Crippen molar-refractivity contribution in [2.45, 2.75) is 0 Å². The van der Waals surface area contributed by atoms with Crippen molar-refractivity contribution < 1.29 is 14.2 Å². The van der Waals surface area contributed by atoms with Crippen molar-refractivity contribution in [2.24, 2.45) is 4.99 Å². The number of thiazole rings is 1. The third kappa shape index (κ3) is 4.83. The molecule has 0 aliphatic heterocycles. The highest BCUT2D eigenvalue weighted by molar-refractivity contribution is 7.07. The first kappa shape index (κ1) is 22.5. The Morgan fingerprint density at radius 3 is 2.09 bits per heavy atom. The van der Waals surface area contributed by atoms with Gasteiger partial charge in [-0.25, -0.2) is 4.99 Å². The highest BCUT2D eigenvalue weighted by atomic mass is 32.1. The van der Waals surface area contributed by atoms with E-state index in [0.29, 0.717) is 5.75 Å². The van der Waals surface area contributed by atoms with Crippen LogP contribution in [0, 0.1) is 0 Å². The molecule has 5 rings (SSSR count). The smallest absolute Gasteiger partial charge is 0.195 e. The van der Waals surface area contributed by atoms with Crippen molar-refractivity contribution in [3.8, 4) is 39.9 Å². The molecule has 4 aromatic carbocycles. The Hall–Kier alpha value is -4.29. The number of hydrogen-bond donors (Lipinski definition) is 0. The van der Waals surface area contributed by atoms with Crippen LogP contribution in [0.15, 0.2) is 114 Å². The molecule has 174 valence electrons. The zero-order valence-electron chi connectivity index (χ0n) is 19.4. The predicted molar refractivity (Wildman–Crippen MR) is 140 cm³/mol. The van der Waals surface area contributed by atoms with Gasteiger partial charge in [-0.1, -0.05) is 42.5 Å². The van der Waals surface area contributed by atoms with E-state index in [-0.39, 0.29) is 0 Å². The molecule has 5 nitrogen and oxygen atoms in total. The molecule has 0 saturated heterocycles. The van der Waals surface area contributed by atoms with E-state index in [0.717, 1.165) is 44.7 Å². The second-order valence-corrected chi connectivity index (χ2v) is 8.47. The van der Waals surface area contributed by atoms with E-state index in [1.165, 1.54) is 0 Å². The van der Waals surface area contributed by atoms with Crippen LogP contribution in [-0.4, -0.2) is 18.8 Å². The van der Waals surface area contributed by atoms with E-state index < -0.39 is 0 Å². The van der Waals surface area contributed by atoms with Gasteiger partial charge in [0.25, 0.3) is 0 Å². The van der Waals surface area contributed by atoms with Crippen LogP contribution in [-0.2, 0) is 0 Å². The van der Waals surface area contributed by atoms with E-state index >= 15 is 0 Å². The monoisotopic (exact) mass is 480 g/mol. The summed E-state index contributed by atoms with van der Waals surface area (Å²) in [6.45, 7) is 0. The molecule has 0 aliphatic rings. The van der Waals surface area contributed by atoms with Gasteiger partial charge in [0, 0.05) is 5.38 Å². The van der Waals surface area contributed by atoms with Crippen molar-refractivity contribution in [3.63, 3.8) is 0 Å². The third-order valence-electron chi connectivity index (χ3n) is 5.47. The summed E-state index contributed by atoms with van der Waals surface area (Å²) in [4.78, 5) is 5.79. The molecule has 35 heavy (non-hydrogen) atoms. The maximum absolute atomic E-state index is 6.31. The molecule has 0 fully saturated rings. The topological polar surface area (TPSA) is 45.0 Å². The Balaban J connectivity index is 1.72. The van der Waals surface area contributed by atoms with E-state index in [9.17, 15) is 0 Å². The molecule has 0 atom stereocenters. The summed E-state index contributed by atoms with van der Waals surface area (Å²) in [6.07, 6.45) is 0. The lowest BCUT2D eigenvalue weighted by Crippen LogP contribution is -2.14. The standard InChI is InChI=1S/C29H24N2O3S/c1-32-22-18-16-21(17-19-22)26-20-35-29(30-24-12-6-8-14-27(24)33-2)31(26)25-13-7-9-15-28(25)34-23-10-4-3-5-11-23/h3-20H,1-2H3. The minimum atomic E-state index is 0.715. The Bertz CT molecular complexity index is 1490. The SMILES string of the molecule is COc1ccc(-c2csc(=Nc3ccccc3OC)n2-c2ccccc2Oc2ccccc2)cc1. The number of methoxy groups -OCH3 is 2. The van der Waals surface area contributed by atoms with Crippen LogP contribution in [0.1, 0.15) is 0 Å². The van der Waals surface area contributed by atoms with Gasteiger partial charge in [-0.2, -0.15) is 0 Å². The lowest BCUT2D eigenvalue weighted by Gasteiger charge is -2.15. The van der Waals surface area contributed by atoms with Gasteiger partial charge in [-0.05, 0) is 66.2 Å². The van der Waals surface area contributed by atoms with Crippen LogP contribution < -0.4 is 19.0 Å². The Morgan fingerprint density at radius 1 is 0.657 bits per heavy atom. The van der Waals surface area contributed by atoms with Crippen molar-refractivity contribution in [1.82, 2.24) is 4.57 Å². The first-order valence-electron chi connectivity index (χ1n) is 11.1. The van der Waals surface area contributed by atoms with Crippen LogP contribution >= 0.6 is 11.3 Å². The fraction of sp³-hybridized carbons (Fsp3) is 0.0690. The van der Waals surface area contributed by atoms with Crippen LogP contribution in [0.4, 0.5) is 5.69 Å². The van der Waals surface area contributed by atoms with Gasteiger partial charge >= 0.3 is 0 Å². The molecular weight excluding hydrogens is 456 g/mol. The number of hydrogen-bond acceptors (Lipinski definition) is 5. The van der Waals surface area contributed by atoms with Crippen molar-refractivity contribution in [1.29, 1.82) is 0 Å². The molecular formula is C29H24N2O3S. The first-order valence-corrected chi connectivity index (χ1v) is 12.0. The molecule has 0 unspecified atom stereocenters. The van der Waals surface area contributed by atoms with E-state index in [1.54, 1.807) is 25.6 Å². The molecule has 0 radical (unpaired) electrons. The number of ether oxygens (including phenoxy) is 3. The third-order valence-corrected chi connectivity index (χ3v) is 6.30. The minimum Gasteiger partial charge on any atom is -0.497 e. The second-order valence-electron chi connectivity index (χ2n) is 7.63. The summed E-state index contributed by atoms with van der Waals surface area (Å²) in [5, 5.41) is 2.11. The second kappa shape index (κ2) is 10.3. The van der Waals surface area contributed by atoms with Gasteiger partial charge < -0.3 is 14.2 Å². The van der Waals surface area contributed by atoms with Crippen LogP contribution in [0.5, 0.6) is 23.0 Å². The van der Waals surface area contributed by atoms with Crippen molar-refractivity contribution in [3.05, 3.63) is 113 Å². The summed E-state index contributed by atoms with van der Waals surface area (Å²) >= 11 is 1.56. The highest BCUT2D eigenvalue weighted by Crippen LogP contribution is 2.33. The van der Waals surface area contributed by atoms with Gasteiger partial charge in [0.2, 0.25) is 0 Å². The fourth-order valence-electron chi connectivity index (χ4n) is 3.75. The number of nitrogens with zero attached hydrogens (tertiary/aromatic N) is 2. The molecule has 6 heteroatoms. The van der Waals surface area contributed by atoms with Gasteiger partial charge in [0.1, 0.15) is 22.9 Å². The summed E-state index contributed by atoms with van der Waals surface area (Å²) in [6, 6.07) is 33.5. The molecule has 0 bridgehead atoms. The molecule has 0 N–H and O–H groups in total. The van der Waals surface area contributed by atoms with E-state index in [4.69, 9.17) is 19.2 Å². The Labute approximate surface area is 208 Å². The van der Waals surface area contributed by atoms with Crippen molar-refractivity contribution >= 4 is 17.0 Å². The summed E-state index contributed by atoms with van der Waals surface area (Å²) in [5.41, 5.74) is 3.68. The number of aromatic nitrogens is 1. The maximum Gasteiger partial charge on any atom is 0.195 e. The predicted octanol–water partition coefficient (Wildman–Crippen LogP) is 7.25. The van der Waals surface area contributed by atoms with Crippen LogP contribution in [0.3, 0.4) is 0 Å². The number of para-hydroxylation sites is 5. The van der Waals surface area contributed by atoms with Gasteiger partial charge in [0.05, 0.1) is 25.6 Å². The normalized spacial score (nSPS) is 11.3. The maximum atomic E-state index is 6.31. The van der Waals surface area contributed by atoms with Gasteiger partial charge in [-0.15, -0.1) is 11.3 Å². The lowest BCUT2D eigenvalue weighted by atomic mass is 10.1. The Morgan fingerprint density at radius 2 is 1.34 bits per heavy atom. The minimum absolute atomic E-state index is 0.715. The van der Waals surface area contributed by atoms with E-state index in [1.807, 2.05) is 103 Å². The summed E-state index contributed by atoms with van der Waals surface area (Å²) in [7, 11) is 3.32.